The predicted molar refractivity (Wildman–Crippen MR) is 136 cm³/mol. The third-order valence-electron chi connectivity index (χ3n) is 6.06. The summed E-state index contributed by atoms with van der Waals surface area (Å²) < 4.78 is 51.2. The molecule has 3 rings (SSSR count). The molecule has 0 spiro atoms. The maximum atomic E-state index is 13.3. The number of morpholine rings is 1. The molecule has 2 aromatic carbocycles. The molecular weight excluding hydrogens is 501 g/mol. The van der Waals surface area contributed by atoms with Gasteiger partial charge in [-0.05, 0) is 55.3 Å². The van der Waals surface area contributed by atoms with Crippen LogP contribution in [0.2, 0.25) is 0 Å². The van der Waals surface area contributed by atoms with Crippen molar-refractivity contribution in [2.45, 2.75) is 44.2 Å². The molecule has 2 amide bonds. The maximum Gasteiger partial charge on any atom is 0.261 e. The van der Waals surface area contributed by atoms with Crippen LogP contribution >= 0.6 is 0 Å². The molecule has 0 radical (unpaired) electrons. The Labute approximate surface area is 217 Å². The quantitative estimate of drug-likeness (QED) is 0.419. The largest absolute Gasteiger partial charge is 0.484 e. The summed E-state index contributed by atoms with van der Waals surface area (Å²) in [5, 5.41) is 2.83. The highest BCUT2D eigenvalue weighted by Crippen LogP contribution is 2.21. The van der Waals surface area contributed by atoms with Gasteiger partial charge in [0.25, 0.3) is 5.91 Å². The molecule has 1 aliphatic heterocycles. The molecule has 1 N–H and O–H groups in total. The Morgan fingerprint density at radius 2 is 1.76 bits per heavy atom. The molecule has 0 bridgehead atoms. The lowest BCUT2D eigenvalue weighted by atomic mass is 10.1. The third kappa shape index (κ3) is 7.98. The van der Waals surface area contributed by atoms with Crippen LogP contribution in [-0.2, 0) is 30.9 Å². The van der Waals surface area contributed by atoms with Crippen molar-refractivity contribution in [1.82, 2.24) is 14.5 Å². The van der Waals surface area contributed by atoms with Crippen molar-refractivity contribution < 1.29 is 31.9 Å². The topological polar surface area (TPSA) is 105 Å². The zero-order valence-electron chi connectivity index (χ0n) is 21.2. The Balaban J connectivity index is 1.67. The summed E-state index contributed by atoms with van der Waals surface area (Å²) >= 11 is 0. The highest BCUT2D eigenvalue weighted by atomic mass is 32.2. The van der Waals surface area contributed by atoms with Gasteiger partial charge in [-0.15, -0.1) is 0 Å². The summed E-state index contributed by atoms with van der Waals surface area (Å²) in [6, 6.07) is 10.8. The van der Waals surface area contributed by atoms with Crippen molar-refractivity contribution in [2.75, 3.05) is 39.5 Å². The molecule has 37 heavy (non-hydrogen) atoms. The van der Waals surface area contributed by atoms with E-state index < -0.39 is 27.8 Å². The van der Waals surface area contributed by atoms with Gasteiger partial charge < -0.3 is 19.7 Å². The summed E-state index contributed by atoms with van der Waals surface area (Å²) in [5.74, 6) is -0.806. The van der Waals surface area contributed by atoms with Gasteiger partial charge in [-0.2, -0.15) is 4.31 Å². The smallest absolute Gasteiger partial charge is 0.261 e. The normalized spacial score (nSPS) is 15.1. The fraction of sp³-hybridized carbons (Fsp3) is 0.462. The van der Waals surface area contributed by atoms with Gasteiger partial charge in [0.1, 0.15) is 17.6 Å². The predicted octanol–water partition coefficient (Wildman–Crippen LogP) is 2.56. The van der Waals surface area contributed by atoms with Crippen molar-refractivity contribution in [2.24, 2.45) is 0 Å². The molecule has 1 saturated heterocycles. The average molecular weight is 536 g/mol. The Hall–Kier alpha value is -3.02. The van der Waals surface area contributed by atoms with E-state index in [0.717, 1.165) is 12.8 Å². The first-order chi connectivity index (χ1) is 17.7. The van der Waals surface area contributed by atoms with E-state index >= 15 is 0 Å². The van der Waals surface area contributed by atoms with Gasteiger partial charge in [0, 0.05) is 26.2 Å². The van der Waals surface area contributed by atoms with E-state index in [4.69, 9.17) is 9.47 Å². The van der Waals surface area contributed by atoms with Gasteiger partial charge >= 0.3 is 0 Å². The maximum absolute atomic E-state index is 13.3. The number of ether oxygens (including phenoxy) is 2. The number of carbonyl (C=O) groups is 2. The molecule has 11 heteroatoms. The van der Waals surface area contributed by atoms with Gasteiger partial charge in [-0.25, -0.2) is 12.8 Å². The Morgan fingerprint density at radius 3 is 2.38 bits per heavy atom. The molecule has 0 aromatic heterocycles. The molecule has 1 atom stereocenters. The van der Waals surface area contributed by atoms with Gasteiger partial charge in [0.15, 0.2) is 6.61 Å². The van der Waals surface area contributed by atoms with Crippen molar-refractivity contribution in [3.05, 3.63) is 59.9 Å². The summed E-state index contributed by atoms with van der Waals surface area (Å²) in [6.07, 6.45) is 1.75. The van der Waals surface area contributed by atoms with Gasteiger partial charge in [0.2, 0.25) is 15.9 Å². The molecule has 1 fully saturated rings. The van der Waals surface area contributed by atoms with E-state index in [0.29, 0.717) is 44.2 Å². The molecule has 0 saturated carbocycles. The van der Waals surface area contributed by atoms with E-state index in [-0.39, 0.29) is 24.0 Å². The van der Waals surface area contributed by atoms with E-state index in [1.54, 1.807) is 19.1 Å². The lowest BCUT2D eigenvalue weighted by Gasteiger charge is -2.29. The number of nitrogens with zero attached hydrogens (tertiary/aromatic N) is 2. The number of nitrogens with one attached hydrogen (secondary N) is 1. The Morgan fingerprint density at radius 1 is 1.11 bits per heavy atom. The van der Waals surface area contributed by atoms with Crippen molar-refractivity contribution in [1.29, 1.82) is 0 Å². The third-order valence-corrected chi connectivity index (χ3v) is 7.97. The van der Waals surface area contributed by atoms with Gasteiger partial charge in [0.05, 0.1) is 18.1 Å². The number of hydrogen-bond donors (Lipinski definition) is 1. The van der Waals surface area contributed by atoms with Gasteiger partial charge in [-0.3, -0.25) is 9.59 Å². The zero-order chi connectivity index (χ0) is 26.8. The van der Waals surface area contributed by atoms with Gasteiger partial charge in [-0.1, -0.05) is 25.5 Å². The second kappa shape index (κ2) is 13.5. The summed E-state index contributed by atoms with van der Waals surface area (Å²) in [5.41, 5.74) is 0.667. The first-order valence-electron chi connectivity index (χ1n) is 12.3. The van der Waals surface area contributed by atoms with Crippen molar-refractivity contribution in [3.63, 3.8) is 0 Å². The number of halogens is 1. The number of amides is 2. The van der Waals surface area contributed by atoms with E-state index in [2.05, 4.69) is 5.32 Å². The van der Waals surface area contributed by atoms with Crippen LogP contribution in [0.3, 0.4) is 0 Å². The molecule has 1 heterocycles. The van der Waals surface area contributed by atoms with Crippen LogP contribution in [0, 0.1) is 5.82 Å². The zero-order valence-corrected chi connectivity index (χ0v) is 22.0. The number of rotatable bonds is 12. The second-order valence-corrected chi connectivity index (χ2v) is 10.7. The first kappa shape index (κ1) is 28.5. The van der Waals surface area contributed by atoms with Crippen molar-refractivity contribution in [3.8, 4) is 5.75 Å². The highest BCUT2D eigenvalue weighted by Gasteiger charge is 2.28. The standard InChI is InChI=1S/C26H34FN3O6S/c1-3-4-13-28-26(32)20(2)30(18-21-5-7-22(27)8-6-21)25(31)19-36-23-9-11-24(12-10-23)37(33,34)29-14-16-35-17-15-29/h5-12,20H,3-4,13-19H2,1-2H3,(H,28,32)/t20-/m0/s1. The molecule has 1 aliphatic rings. The van der Waals surface area contributed by atoms with E-state index in [1.807, 2.05) is 6.92 Å². The number of carbonyl (C=O) groups excluding carboxylic acids is 2. The van der Waals surface area contributed by atoms with Crippen LogP contribution in [0.1, 0.15) is 32.3 Å². The molecule has 9 nitrogen and oxygen atoms in total. The summed E-state index contributed by atoms with van der Waals surface area (Å²) in [4.78, 5) is 27.3. The lowest BCUT2D eigenvalue weighted by Crippen LogP contribution is -2.49. The molecule has 2 aromatic rings. The fourth-order valence-electron chi connectivity index (χ4n) is 3.78. The van der Waals surface area contributed by atoms with Crippen LogP contribution in [0.4, 0.5) is 4.39 Å². The van der Waals surface area contributed by atoms with Crippen LogP contribution in [-0.4, -0.2) is 74.9 Å². The number of hydrogen-bond acceptors (Lipinski definition) is 6. The minimum atomic E-state index is -3.64. The van der Waals surface area contributed by atoms with E-state index in [9.17, 15) is 22.4 Å². The average Bonchev–Trinajstić information content (AvgIpc) is 2.91. The molecular formula is C26H34FN3O6S. The van der Waals surface area contributed by atoms with Crippen LogP contribution < -0.4 is 10.1 Å². The van der Waals surface area contributed by atoms with Crippen LogP contribution in [0.5, 0.6) is 5.75 Å². The molecule has 202 valence electrons. The van der Waals surface area contributed by atoms with E-state index in [1.165, 1.54) is 45.6 Å². The lowest BCUT2D eigenvalue weighted by molar-refractivity contribution is -0.142. The second-order valence-electron chi connectivity index (χ2n) is 8.75. The monoisotopic (exact) mass is 535 g/mol. The van der Waals surface area contributed by atoms with Crippen molar-refractivity contribution >= 4 is 21.8 Å². The summed E-state index contributed by atoms with van der Waals surface area (Å²) in [7, 11) is -3.64. The first-order valence-corrected chi connectivity index (χ1v) is 13.8. The minimum absolute atomic E-state index is 0.0988. The number of unbranched alkanes of at least 4 members (excludes halogenated alkanes) is 1. The van der Waals surface area contributed by atoms with Crippen LogP contribution in [0.25, 0.3) is 0 Å². The SMILES string of the molecule is CCCCNC(=O)[C@H](C)N(Cc1ccc(F)cc1)C(=O)COc1ccc(S(=O)(=O)N2CCOCC2)cc1. The highest BCUT2D eigenvalue weighted by molar-refractivity contribution is 7.89. The number of sulfonamides is 1. The fourth-order valence-corrected chi connectivity index (χ4v) is 5.19. The van der Waals surface area contributed by atoms with Crippen LogP contribution in [0.15, 0.2) is 53.4 Å². The minimum Gasteiger partial charge on any atom is -0.484 e. The Bertz CT molecular complexity index is 1140. The number of benzene rings is 2. The molecule has 0 aliphatic carbocycles. The summed E-state index contributed by atoms with van der Waals surface area (Å²) in [6.45, 7) is 5.19. The Kier molecular flexibility index (Phi) is 10.4. The molecule has 0 unspecified atom stereocenters.